The minimum atomic E-state index is -4.47. The van der Waals surface area contributed by atoms with E-state index < -0.39 is 18.0 Å². The maximum Gasteiger partial charge on any atom is 0.433 e. The molecule has 0 saturated carbocycles. The topological polar surface area (TPSA) is 25.4 Å². The smallest absolute Gasteiger partial charge is 0.368 e. The van der Waals surface area contributed by atoms with Crippen molar-refractivity contribution in [3.8, 4) is 11.3 Å². The molecular formula is C15H12F3NO. The molecule has 0 N–H and O–H groups in total. The predicted molar refractivity (Wildman–Crippen MR) is 68.1 cm³/mol. The molecule has 3 rings (SSSR count). The first kappa shape index (κ1) is 13.1. The largest absolute Gasteiger partial charge is 0.433 e. The van der Waals surface area contributed by atoms with Gasteiger partial charge in [-0.1, -0.05) is 35.9 Å². The summed E-state index contributed by atoms with van der Waals surface area (Å²) >= 11 is 0. The van der Waals surface area contributed by atoms with Crippen molar-refractivity contribution in [2.24, 2.45) is 0 Å². The number of benzene rings is 1. The fourth-order valence-electron chi connectivity index (χ4n) is 2.07. The first-order chi connectivity index (χ1) is 9.45. The summed E-state index contributed by atoms with van der Waals surface area (Å²) < 4.78 is 44.2. The number of hydrogen-bond donors (Lipinski definition) is 0. The van der Waals surface area contributed by atoms with Crippen molar-refractivity contribution in [2.75, 3.05) is 6.61 Å². The first-order valence-electron chi connectivity index (χ1n) is 6.22. The Morgan fingerprint density at radius 2 is 1.75 bits per heavy atom. The molecule has 1 aliphatic heterocycles. The molecule has 1 saturated heterocycles. The van der Waals surface area contributed by atoms with Crippen molar-refractivity contribution in [1.29, 1.82) is 0 Å². The number of hydrogen-bond acceptors (Lipinski definition) is 2. The second-order valence-corrected chi connectivity index (χ2v) is 4.82. The Hall–Kier alpha value is -1.88. The Morgan fingerprint density at radius 3 is 2.30 bits per heavy atom. The first-order valence-corrected chi connectivity index (χ1v) is 6.22. The van der Waals surface area contributed by atoms with Crippen molar-refractivity contribution in [3.05, 3.63) is 53.2 Å². The Kier molecular flexibility index (Phi) is 3.01. The van der Waals surface area contributed by atoms with Gasteiger partial charge in [0.25, 0.3) is 0 Å². The molecule has 1 aromatic heterocycles. The third kappa shape index (κ3) is 2.54. The Bertz CT molecular complexity index is 631. The third-order valence-electron chi connectivity index (χ3n) is 3.22. The Balaban J connectivity index is 2.07. The van der Waals surface area contributed by atoms with Crippen LogP contribution in [0.2, 0.25) is 0 Å². The zero-order valence-corrected chi connectivity index (χ0v) is 10.7. The molecule has 0 amide bonds. The summed E-state index contributed by atoms with van der Waals surface area (Å²) in [5.41, 5.74) is 1.31. The summed E-state index contributed by atoms with van der Waals surface area (Å²) in [6.07, 6.45) is -4.94. The molecule has 0 bridgehead atoms. The normalized spacial score (nSPS) is 18.1. The van der Waals surface area contributed by atoms with Crippen LogP contribution < -0.4 is 0 Å². The Morgan fingerprint density at radius 1 is 1.10 bits per heavy atom. The van der Waals surface area contributed by atoms with Crippen LogP contribution in [-0.4, -0.2) is 11.6 Å². The van der Waals surface area contributed by atoms with Gasteiger partial charge in [0.2, 0.25) is 0 Å². The lowest BCUT2D eigenvalue weighted by molar-refractivity contribution is -0.141. The highest BCUT2D eigenvalue weighted by Gasteiger charge is 2.40. The summed E-state index contributed by atoms with van der Waals surface area (Å²) in [6, 6.07) is 10.3. The summed E-state index contributed by atoms with van der Waals surface area (Å²) in [5.74, 6) is 0. The number of nitrogens with zero attached hydrogens (tertiary/aromatic N) is 1. The predicted octanol–water partition coefficient (Wildman–Crippen LogP) is 4.15. The molecule has 1 fully saturated rings. The zero-order chi connectivity index (χ0) is 14.3. The summed E-state index contributed by atoms with van der Waals surface area (Å²) in [4.78, 5) is 3.80. The number of rotatable bonds is 2. The number of ether oxygens (including phenoxy) is 1. The van der Waals surface area contributed by atoms with Gasteiger partial charge in [-0.3, -0.25) is 0 Å². The Labute approximate surface area is 114 Å². The molecule has 1 aromatic carbocycles. The van der Waals surface area contributed by atoms with Crippen molar-refractivity contribution >= 4 is 0 Å². The van der Waals surface area contributed by atoms with Crippen LogP contribution in [-0.2, 0) is 10.9 Å². The van der Waals surface area contributed by atoms with Gasteiger partial charge < -0.3 is 4.74 Å². The van der Waals surface area contributed by atoms with E-state index >= 15 is 0 Å². The lowest BCUT2D eigenvalue weighted by atomic mass is 10.1. The van der Waals surface area contributed by atoms with Crippen molar-refractivity contribution in [2.45, 2.75) is 19.2 Å². The molecule has 2 aromatic rings. The van der Waals surface area contributed by atoms with Gasteiger partial charge in [-0.05, 0) is 13.0 Å². The molecule has 0 unspecified atom stereocenters. The summed E-state index contributed by atoms with van der Waals surface area (Å²) in [6.45, 7) is 2.25. The standard InChI is InChI=1S/C15H12F3NO/c1-9-2-4-10(5-3-9)12-7-6-11(13-8-20-13)14(19-12)15(16,17)18/h2-7,13H,8H2,1H3/t13-/m1/s1. The van der Waals surface area contributed by atoms with Crippen molar-refractivity contribution < 1.29 is 17.9 Å². The lowest BCUT2D eigenvalue weighted by Gasteiger charge is -2.12. The average Bonchev–Trinajstić information content (AvgIpc) is 3.22. The highest BCUT2D eigenvalue weighted by Crippen LogP contribution is 2.40. The number of epoxide rings is 1. The van der Waals surface area contributed by atoms with Crippen LogP contribution in [0.25, 0.3) is 11.3 Å². The van der Waals surface area contributed by atoms with Crippen LogP contribution in [0.1, 0.15) is 22.9 Å². The average molecular weight is 279 g/mol. The van der Waals surface area contributed by atoms with E-state index in [1.165, 1.54) is 6.07 Å². The van der Waals surface area contributed by atoms with E-state index in [-0.39, 0.29) is 5.56 Å². The fourth-order valence-corrected chi connectivity index (χ4v) is 2.07. The SMILES string of the molecule is Cc1ccc(-c2ccc([C@H]3CO3)c(C(F)(F)F)n2)cc1. The quantitative estimate of drug-likeness (QED) is 0.772. The van der Waals surface area contributed by atoms with Crippen molar-refractivity contribution in [1.82, 2.24) is 4.98 Å². The van der Waals surface area contributed by atoms with Crippen LogP contribution in [0.15, 0.2) is 36.4 Å². The maximum atomic E-state index is 13.1. The monoisotopic (exact) mass is 279 g/mol. The molecule has 2 nitrogen and oxygen atoms in total. The third-order valence-corrected chi connectivity index (χ3v) is 3.22. The van der Waals surface area contributed by atoms with Crippen LogP contribution >= 0.6 is 0 Å². The van der Waals surface area contributed by atoms with Gasteiger partial charge in [0.15, 0.2) is 5.69 Å². The fraction of sp³-hybridized carbons (Fsp3) is 0.267. The molecule has 20 heavy (non-hydrogen) atoms. The number of aromatic nitrogens is 1. The van der Waals surface area contributed by atoms with E-state index in [1.54, 1.807) is 18.2 Å². The van der Waals surface area contributed by atoms with Gasteiger partial charge in [0, 0.05) is 11.1 Å². The maximum absolute atomic E-state index is 13.1. The van der Waals surface area contributed by atoms with Gasteiger partial charge in [-0.15, -0.1) is 0 Å². The summed E-state index contributed by atoms with van der Waals surface area (Å²) in [7, 11) is 0. The minimum Gasteiger partial charge on any atom is -0.368 e. The molecule has 2 heterocycles. The van der Waals surface area contributed by atoms with Gasteiger partial charge in [0.05, 0.1) is 12.3 Å². The van der Waals surface area contributed by atoms with Gasteiger partial charge in [0.1, 0.15) is 6.10 Å². The van der Waals surface area contributed by atoms with E-state index in [9.17, 15) is 13.2 Å². The van der Waals surface area contributed by atoms with E-state index in [4.69, 9.17) is 4.74 Å². The second-order valence-electron chi connectivity index (χ2n) is 4.82. The molecule has 1 aliphatic rings. The number of pyridine rings is 1. The van der Waals surface area contributed by atoms with Gasteiger partial charge >= 0.3 is 6.18 Å². The van der Waals surface area contributed by atoms with Gasteiger partial charge in [-0.25, -0.2) is 4.98 Å². The van der Waals surface area contributed by atoms with Crippen molar-refractivity contribution in [3.63, 3.8) is 0 Å². The molecule has 5 heteroatoms. The van der Waals surface area contributed by atoms with Gasteiger partial charge in [-0.2, -0.15) is 13.2 Å². The number of alkyl halides is 3. The van der Waals surface area contributed by atoms with E-state index in [2.05, 4.69) is 4.98 Å². The van der Waals surface area contributed by atoms with E-state index in [0.717, 1.165) is 5.56 Å². The number of aryl methyl sites for hydroxylation is 1. The van der Waals surface area contributed by atoms with Crippen LogP contribution in [0.3, 0.4) is 0 Å². The molecule has 0 radical (unpaired) electrons. The highest BCUT2D eigenvalue weighted by atomic mass is 19.4. The molecule has 0 spiro atoms. The number of halogens is 3. The lowest BCUT2D eigenvalue weighted by Crippen LogP contribution is -2.12. The molecule has 1 atom stereocenters. The van der Waals surface area contributed by atoms with Crippen LogP contribution in [0.5, 0.6) is 0 Å². The van der Waals surface area contributed by atoms with E-state index in [1.807, 2.05) is 19.1 Å². The highest BCUT2D eigenvalue weighted by molar-refractivity contribution is 5.60. The second kappa shape index (κ2) is 4.59. The van der Waals surface area contributed by atoms with Crippen LogP contribution in [0.4, 0.5) is 13.2 Å². The van der Waals surface area contributed by atoms with E-state index in [0.29, 0.717) is 17.9 Å². The zero-order valence-electron chi connectivity index (χ0n) is 10.7. The summed E-state index contributed by atoms with van der Waals surface area (Å²) in [5, 5.41) is 0. The molecular weight excluding hydrogens is 267 g/mol. The molecule has 104 valence electrons. The minimum absolute atomic E-state index is 0.119. The van der Waals surface area contributed by atoms with Crippen LogP contribution in [0, 0.1) is 6.92 Å². The molecule has 0 aliphatic carbocycles.